The number of ether oxygens (including phenoxy) is 1. The number of hydrogen-bond acceptors (Lipinski definition) is 8. The highest BCUT2D eigenvalue weighted by Crippen LogP contribution is 2.32. The molecule has 3 heterocycles. The summed E-state index contributed by atoms with van der Waals surface area (Å²) >= 11 is 0. The number of nitrogens with one attached hydrogen (secondary N) is 4. The Balaban J connectivity index is 1.21. The van der Waals surface area contributed by atoms with E-state index in [1.165, 1.54) is 31.6 Å². The highest BCUT2D eigenvalue weighted by atomic mass is 19.2. The second-order valence-electron chi connectivity index (χ2n) is 11.6. The first-order chi connectivity index (χ1) is 23.1. The molecule has 8 N–H and O–H groups in total. The van der Waals surface area contributed by atoms with Crippen LogP contribution >= 0.6 is 0 Å². The maximum Gasteiger partial charge on any atom is 0.251 e. The number of hydrogen-bond donors (Lipinski definition) is 6. The molecule has 1 atom stereocenters. The second kappa shape index (κ2) is 15.1. The number of piperidine rings is 1. The molecule has 1 aliphatic heterocycles. The van der Waals surface area contributed by atoms with E-state index in [2.05, 4.69) is 25.9 Å². The number of amides is 2. The number of carbonyl (C=O) groups is 2. The number of guanidine groups is 1. The van der Waals surface area contributed by atoms with Gasteiger partial charge in [0.1, 0.15) is 0 Å². The minimum absolute atomic E-state index is 0.0256. The number of benzene rings is 2. The Bertz CT molecular complexity index is 1810. The van der Waals surface area contributed by atoms with Crippen LogP contribution in [0.25, 0.3) is 16.9 Å². The number of nitrogens with two attached hydrogens (primary N) is 2. The highest BCUT2D eigenvalue weighted by Gasteiger charge is 2.27. The summed E-state index contributed by atoms with van der Waals surface area (Å²) in [5.41, 5.74) is 14.2. The molecule has 13 nitrogen and oxygen atoms in total. The molecular formula is C33H40F2N10O3. The minimum atomic E-state index is -1.08. The normalized spacial score (nSPS) is 14.1. The number of fused-ring (bicyclic) bond motifs is 1. The van der Waals surface area contributed by atoms with Gasteiger partial charge in [0.25, 0.3) is 5.91 Å². The molecule has 1 aliphatic rings. The third-order valence-electron chi connectivity index (χ3n) is 8.43. The van der Waals surface area contributed by atoms with Crippen molar-refractivity contribution in [3.63, 3.8) is 0 Å². The van der Waals surface area contributed by atoms with Crippen LogP contribution in [0, 0.1) is 17.0 Å². The zero-order chi connectivity index (χ0) is 34.4. The van der Waals surface area contributed by atoms with Crippen LogP contribution in [0.2, 0.25) is 0 Å². The molecular weight excluding hydrogens is 622 g/mol. The van der Waals surface area contributed by atoms with Crippen molar-refractivity contribution in [2.45, 2.75) is 51.1 Å². The summed E-state index contributed by atoms with van der Waals surface area (Å²) in [5.74, 6) is -2.34. The largest absolute Gasteiger partial charge is 0.494 e. The maximum atomic E-state index is 14.9. The third kappa shape index (κ3) is 7.46. The average molecular weight is 663 g/mol. The maximum absolute atomic E-state index is 14.9. The molecule has 2 aromatic heterocycles. The number of nitrogens with zero attached hydrogens (tertiary/aromatic N) is 4. The number of likely N-dealkylation sites (tertiary alicyclic amines) is 1. The van der Waals surface area contributed by atoms with Crippen LogP contribution in [0.5, 0.6) is 5.75 Å². The fraction of sp³-hybridized carbons (Fsp3) is 0.364. The molecule has 1 saturated heterocycles. The van der Waals surface area contributed by atoms with Gasteiger partial charge in [0, 0.05) is 54.9 Å². The van der Waals surface area contributed by atoms with E-state index in [0.717, 1.165) is 5.56 Å². The standard InChI is InChI=1S/C33H40F2N10O3/c1-3-19-17-21(42-29-30-41-18-25(45(30)16-13-39-29)23-8-9-26(48-2)28(35)27(23)34)6-7-22(19)31(46)43-20-10-14-44(15-11-20)32(47)24(36)5-4-12-40-33(37)38/h6-9,13,16-18,20,24H,3-5,10-12,14-15,36H2,1-2H3,(H,39,42)(H,43,46)(H4,37,38,40)/t24-/m0/s1. The van der Waals surface area contributed by atoms with Gasteiger partial charge in [-0.3, -0.25) is 19.4 Å². The first-order valence-corrected chi connectivity index (χ1v) is 15.8. The molecule has 2 amide bonds. The van der Waals surface area contributed by atoms with Crippen LogP contribution in [0.4, 0.5) is 20.3 Å². The van der Waals surface area contributed by atoms with E-state index < -0.39 is 17.7 Å². The van der Waals surface area contributed by atoms with Crippen molar-refractivity contribution in [1.29, 1.82) is 5.41 Å². The summed E-state index contributed by atoms with van der Waals surface area (Å²) in [5, 5.41) is 16.3. The number of aryl methyl sites for hydroxylation is 1. The first-order valence-electron chi connectivity index (χ1n) is 15.8. The molecule has 1 fully saturated rings. The van der Waals surface area contributed by atoms with Crippen molar-refractivity contribution in [2.24, 2.45) is 11.5 Å². The molecule has 0 spiro atoms. The van der Waals surface area contributed by atoms with E-state index in [4.69, 9.17) is 21.6 Å². The Labute approximate surface area is 276 Å². The monoisotopic (exact) mass is 662 g/mol. The third-order valence-corrected chi connectivity index (χ3v) is 8.43. The Kier molecular flexibility index (Phi) is 10.7. The van der Waals surface area contributed by atoms with Crippen molar-refractivity contribution < 1.29 is 23.1 Å². The van der Waals surface area contributed by atoms with E-state index in [1.54, 1.807) is 27.6 Å². The molecule has 15 heteroatoms. The second-order valence-corrected chi connectivity index (χ2v) is 11.6. The van der Waals surface area contributed by atoms with E-state index >= 15 is 0 Å². The molecule has 48 heavy (non-hydrogen) atoms. The van der Waals surface area contributed by atoms with Crippen LogP contribution < -0.4 is 32.2 Å². The van der Waals surface area contributed by atoms with Gasteiger partial charge in [-0.1, -0.05) is 6.92 Å². The summed E-state index contributed by atoms with van der Waals surface area (Å²) in [6.45, 7) is 3.44. The van der Waals surface area contributed by atoms with Crippen molar-refractivity contribution in [3.05, 3.63) is 71.7 Å². The number of rotatable bonds is 12. The predicted molar refractivity (Wildman–Crippen MR) is 178 cm³/mol. The van der Waals surface area contributed by atoms with Crippen molar-refractivity contribution in [3.8, 4) is 17.0 Å². The Morgan fingerprint density at radius 2 is 1.92 bits per heavy atom. The minimum Gasteiger partial charge on any atom is -0.494 e. The van der Waals surface area contributed by atoms with Gasteiger partial charge in [0.05, 0.1) is 25.0 Å². The zero-order valence-corrected chi connectivity index (χ0v) is 26.9. The first kappa shape index (κ1) is 34.0. The summed E-state index contributed by atoms with van der Waals surface area (Å²) in [6.07, 6.45) is 7.53. The summed E-state index contributed by atoms with van der Waals surface area (Å²) in [7, 11) is 1.27. The zero-order valence-electron chi connectivity index (χ0n) is 26.9. The molecule has 0 saturated carbocycles. The fourth-order valence-electron chi connectivity index (χ4n) is 5.83. The molecule has 4 aromatic rings. The molecule has 0 unspecified atom stereocenters. The Morgan fingerprint density at radius 3 is 2.62 bits per heavy atom. The lowest BCUT2D eigenvalue weighted by Crippen LogP contribution is -2.51. The molecule has 254 valence electrons. The average Bonchev–Trinajstić information content (AvgIpc) is 3.52. The number of methoxy groups -OCH3 is 1. The highest BCUT2D eigenvalue weighted by molar-refractivity contribution is 5.96. The van der Waals surface area contributed by atoms with Crippen LogP contribution in [-0.2, 0) is 11.2 Å². The number of carbonyl (C=O) groups excluding carboxylic acids is 2. The van der Waals surface area contributed by atoms with Crippen LogP contribution in [0.3, 0.4) is 0 Å². The van der Waals surface area contributed by atoms with E-state index in [-0.39, 0.29) is 35.1 Å². The lowest BCUT2D eigenvalue weighted by molar-refractivity contribution is -0.133. The number of imidazole rings is 1. The molecule has 0 bridgehead atoms. The Morgan fingerprint density at radius 1 is 1.15 bits per heavy atom. The van der Waals surface area contributed by atoms with E-state index in [1.807, 2.05) is 13.0 Å². The van der Waals surface area contributed by atoms with Gasteiger partial charge in [0.15, 0.2) is 29.0 Å². The summed E-state index contributed by atoms with van der Waals surface area (Å²) < 4.78 is 35.8. The van der Waals surface area contributed by atoms with Crippen molar-refractivity contribution in [1.82, 2.24) is 29.9 Å². The van der Waals surface area contributed by atoms with Gasteiger partial charge < -0.3 is 37.1 Å². The fourth-order valence-corrected chi connectivity index (χ4v) is 5.83. The van der Waals surface area contributed by atoms with Gasteiger partial charge in [0.2, 0.25) is 11.7 Å². The van der Waals surface area contributed by atoms with Crippen LogP contribution in [0.1, 0.15) is 48.5 Å². The molecule has 0 radical (unpaired) electrons. The van der Waals surface area contributed by atoms with E-state index in [9.17, 15) is 18.4 Å². The predicted octanol–water partition coefficient (Wildman–Crippen LogP) is 3.30. The molecule has 2 aromatic carbocycles. The van der Waals surface area contributed by atoms with Gasteiger partial charge in [-0.15, -0.1) is 0 Å². The SMILES string of the molecule is CCc1cc(Nc2nccn3c(-c4ccc(OC)c(F)c4F)cnc23)ccc1C(=O)NC1CCN(C(=O)[C@@H](N)CCCNC(=N)N)CC1. The summed E-state index contributed by atoms with van der Waals surface area (Å²) in [4.78, 5) is 36.7. The molecule has 5 rings (SSSR count). The van der Waals surface area contributed by atoms with Gasteiger partial charge >= 0.3 is 0 Å². The topological polar surface area (TPSA) is 189 Å². The molecule has 0 aliphatic carbocycles. The van der Waals surface area contributed by atoms with E-state index in [0.29, 0.717) is 80.1 Å². The van der Waals surface area contributed by atoms with Crippen molar-refractivity contribution in [2.75, 3.05) is 32.1 Å². The van der Waals surface area contributed by atoms with Gasteiger partial charge in [-0.25, -0.2) is 14.4 Å². The lowest BCUT2D eigenvalue weighted by Gasteiger charge is -2.34. The van der Waals surface area contributed by atoms with Crippen LogP contribution in [-0.4, -0.2) is 75.9 Å². The quantitative estimate of drug-likeness (QED) is 0.0751. The Hall–Kier alpha value is -5.31. The van der Waals surface area contributed by atoms with Crippen molar-refractivity contribution >= 4 is 34.9 Å². The van der Waals surface area contributed by atoms with Gasteiger partial charge in [-0.05, 0) is 68.0 Å². The van der Waals surface area contributed by atoms with Gasteiger partial charge in [-0.2, -0.15) is 4.39 Å². The summed E-state index contributed by atoms with van der Waals surface area (Å²) in [6, 6.07) is 7.49. The van der Waals surface area contributed by atoms with Crippen LogP contribution in [0.15, 0.2) is 48.9 Å². The smallest absolute Gasteiger partial charge is 0.251 e. The lowest BCUT2D eigenvalue weighted by atomic mass is 10.0. The number of aromatic nitrogens is 3. The number of anilines is 2. The number of halogens is 2.